The van der Waals surface area contributed by atoms with Crippen molar-refractivity contribution in [3.8, 4) is 0 Å². The van der Waals surface area contributed by atoms with E-state index in [-0.39, 0.29) is 12.5 Å². The number of hydrogen-bond donors (Lipinski definition) is 2. The van der Waals surface area contributed by atoms with E-state index in [9.17, 15) is 15.0 Å². The molecular weight excluding hydrogens is 316 g/mol. The number of carbonyl (C=O) groups is 1. The van der Waals surface area contributed by atoms with Gasteiger partial charge in [0.15, 0.2) is 0 Å². The fourth-order valence-electron chi connectivity index (χ4n) is 3.13. The van der Waals surface area contributed by atoms with Gasteiger partial charge >= 0.3 is 5.97 Å². The summed E-state index contributed by atoms with van der Waals surface area (Å²) in [5, 5.41) is 19.6. The molecule has 0 aliphatic carbocycles. The van der Waals surface area contributed by atoms with Crippen LogP contribution in [0.15, 0.2) is 0 Å². The molecule has 0 spiro atoms. The fraction of sp³-hybridized carbons (Fsp3) is 0.952. The number of esters is 1. The molecule has 0 bridgehead atoms. The minimum Gasteiger partial charge on any atom is -0.469 e. The van der Waals surface area contributed by atoms with E-state index in [1.54, 1.807) is 0 Å². The van der Waals surface area contributed by atoms with Crippen molar-refractivity contribution >= 4 is 5.97 Å². The molecule has 0 saturated carbocycles. The van der Waals surface area contributed by atoms with E-state index < -0.39 is 12.1 Å². The third-order valence-corrected chi connectivity index (χ3v) is 4.85. The summed E-state index contributed by atoms with van der Waals surface area (Å²) in [6.45, 7) is 2.26. The first-order valence-electron chi connectivity index (χ1n) is 10.5. The molecule has 2 atom stereocenters. The van der Waals surface area contributed by atoms with Gasteiger partial charge in [0.2, 0.25) is 0 Å². The third-order valence-electron chi connectivity index (χ3n) is 4.85. The van der Waals surface area contributed by atoms with Gasteiger partial charge in [0, 0.05) is 0 Å². The first-order valence-corrected chi connectivity index (χ1v) is 10.5. The Balaban J connectivity index is 3.29. The van der Waals surface area contributed by atoms with Crippen LogP contribution in [0.2, 0.25) is 0 Å². The van der Waals surface area contributed by atoms with Crippen molar-refractivity contribution in [3.63, 3.8) is 0 Å². The number of hydrogen-bond acceptors (Lipinski definition) is 4. The molecule has 0 aromatic heterocycles. The molecule has 0 aromatic rings. The average Bonchev–Trinajstić information content (AvgIpc) is 2.60. The van der Waals surface area contributed by atoms with Gasteiger partial charge in [-0.2, -0.15) is 0 Å². The van der Waals surface area contributed by atoms with E-state index in [0.717, 1.165) is 12.8 Å². The Morgan fingerprint density at radius 3 is 1.64 bits per heavy atom. The maximum Gasteiger partial charge on any atom is 0.308 e. The Labute approximate surface area is 155 Å². The highest BCUT2D eigenvalue weighted by molar-refractivity contribution is 5.69. The van der Waals surface area contributed by atoms with Crippen molar-refractivity contribution in [2.45, 2.75) is 122 Å². The number of unbranched alkanes of at least 4 members (excludes halogenated alkanes) is 11. The quantitative estimate of drug-likeness (QED) is 0.263. The Kier molecular flexibility index (Phi) is 17.7. The molecule has 4 nitrogen and oxygen atoms in total. The molecule has 0 rings (SSSR count). The van der Waals surface area contributed by atoms with Gasteiger partial charge in [-0.25, -0.2) is 0 Å². The molecule has 25 heavy (non-hydrogen) atoms. The van der Waals surface area contributed by atoms with Crippen LogP contribution in [-0.4, -0.2) is 35.5 Å². The Morgan fingerprint density at radius 2 is 1.16 bits per heavy atom. The van der Waals surface area contributed by atoms with Gasteiger partial charge < -0.3 is 14.9 Å². The van der Waals surface area contributed by atoms with Gasteiger partial charge in [0.1, 0.15) is 0 Å². The van der Waals surface area contributed by atoms with Crippen LogP contribution in [0, 0.1) is 0 Å². The van der Waals surface area contributed by atoms with Crippen molar-refractivity contribution in [2.75, 3.05) is 7.11 Å². The van der Waals surface area contributed by atoms with E-state index in [0.29, 0.717) is 12.8 Å². The highest BCUT2D eigenvalue weighted by Crippen LogP contribution is 2.15. The second kappa shape index (κ2) is 18.2. The van der Waals surface area contributed by atoms with Crippen LogP contribution in [0.5, 0.6) is 0 Å². The zero-order chi connectivity index (χ0) is 18.8. The summed E-state index contributed by atoms with van der Waals surface area (Å²) in [7, 11) is 1.32. The summed E-state index contributed by atoms with van der Waals surface area (Å²) >= 11 is 0. The lowest BCUT2D eigenvalue weighted by atomic mass is 10.0. The van der Waals surface area contributed by atoms with Crippen LogP contribution in [0.4, 0.5) is 0 Å². The topological polar surface area (TPSA) is 66.8 Å². The third kappa shape index (κ3) is 18.0. The summed E-state index contributed by atoms with van der Waals surface area (Å²) in [6, 6.07) is 0. The van der Waals surface area contributed by atoms with Crippen LogP contribution in [0.1, 0.15) is 110 Å². The van der Waals surface area contributed by atoms with Crippen molar-refractivity contribution in [1.29, 1.82) is 0 Å². The van der Waals surface area contributed by atoms with Gasteiger partial charge in [-0.15, -0.1) is 0 Å². The summed E-state index contributed by atoms with van der Waals surface area (Å²) in [5.41, 5.74) is 0. The molecule has 4 heteroatoms. The standard InChI is InChI=1S/C21H42O4/c1-3-4-5-6-7-8-9-10-11-12-13-14-15-19(22)16-17-20(23)18-21(24)25-2/h19-20,22-23H,3-18H2,1-2H3/t19-,20-/m1/s1. The fourth-order valence-corrected chi connectivity index (χ4v) is 3.13. The van der Waals surface area contributed by atoms with Crippen molar-refractivity contribution in [3.05, 3.63) is 0 Å². The van der Waals surface area contributed by atoms with Gasteiger partial charge in [0.25, 0.3) is 0 Å². The SMILES string of the molecule is CCCCCCCCCCCCCC[C@@H](O)CC[C@@H](O)CC(=O)OC. The molecule has 0 aromatic carbocycles. The summed E-state index contributed by atoms with van der Waals surface area (Å²) in [5.74, 6) is -0.400. The molecule has 0 aliphatic rings. The van der Waals surface area contributed by atoms with Gasteiger partial charge in [-0.3, -0.25) is 4.79 Å². The lowest BCUT2D eigenvalue weighted by Gasteiger charge is -2.13. The normalized spacial score (nSPS) is 13.6. The van der Waals surface area contributed by atoms with Gasteiger partial charge in [-0.1, -0.05) is 84.0 Å². The number of ether oxygens (including phenoxy) is 1. The maximum absolute atomic E-state index is 11.0. The zero-order valence-corrected chi connectivity index (χ0v) is 16.7. The predicted molar refractivity (Wildman–Crippen MR) is 104 cm³/mol. The van der Waals surface area contributed by atoms with Crippen LogP contribution in [0.3, 0.4) is 0 Å². The first-order chi connectivity index (χ1) is 12.1. The number of carbonyl (C=O) groups excluding carboxylic acids is 1. The molecule has 0 amide bonds. The number of aliphatic hydroxyl groups is 2. The number of aliphatic hydroxyl groups excluding tert-OH is 2. The summed E-state index contributed by atoms with van der Waals surface area (Å²) < 4.78 is 4.51. The first kappa shape index (κ1) is 24.4. The maximum atomic E-state index is 11.0. The summed E-state index contributed by atoms with van der Waals surface area (Å²) in [6.07, 6.45) is 16.5. The van der Waals surface area contributed by atoms with Crippen LogP contribution in [0.25, 0.3) is 0 Å². The van der Waals surface area contributed by atoms with E-state index in [2.05, 4.69) is 11.7 Å². The van der Waals surface area contributed by atoms with Crippen molar-refractivity contribution in [1.82, 2.24) is 0 Å². The molecule has 0 saturated heterocycles. The van der Waals surface area contributed by atoms with Gasteiger partial charge in [-0.05, 0) is 19.3 Å². The van der Waals surface area contributed by atoms with Crippen LogP contribution < -0.4 is 0 Å². The monoisotopic (exact) mass is 358 g/mol. The average molecular weight is 359 g/mol. The number of rotatable bonds is 18. The minimum atomic E-state index is -0.705. The zero-order valence-electron chi connectivity index (χ0n) is 16.7. The van der Waals surface area contributed by atoms with E-state index in [1.165, 1.54) is 77.7 Å². The van der Waals surface area contributed by atoms with Crippen LogP contribution >= 0.6 is 0 Å². The highest BCUT2D eigenvalue weighted by atomic mass is 16.5. The molecule has 0 unspecified atom stereocenters. The van der Waals surface area contributed by atoms with E-state index >= 15 is 0 Å². The second-order valence-electron chi connectivity index (χ2n) is 7.34. The van der Waals surface area contributed by atoms with Crippen molar-refractivity contribution in [2.24, 2.45) is 0 Å². The molecule has 2 N–H and O–H groups in total. The molecule has 0 aliphatic heterocycles. The Morgan fingerprint density at radius 1 is 0.720 bits per heavy atom. The smallest absolute Gasteiger partial charge is 0.308 e. The molecule has 0 fully saturated rings. The minimum absolute atomic E-state index is 0.0157. The van der Waals surface area contributed by atoms with Gasteiger partial charge in [0.05, 0.1) is 25.7 Å². The Hall–Kier alpha value is -0.610. The molecule has 0 heterocycles. The highest BCUT2D eigenvalue weighted by Gasteiger charge is 2.13. The largest absolute Gasteiger partial charge is 0.469 e. The number of methoxy groups -OCH3 is 1. The lowest BCUT2D eigenvalue weighted by molar-refractivity contribution is -0.142. The molecular formula is C21H42O4. The van der Waals surface area contributed by atoms with E-state index in [1.807, 2.05) is 0 Å². The van der Waals surface area contributed by atoms with E-state index in [4.69, 9.17) is 0 Å². The second-order valence-corrected chi connectivity index (χ2v) is 7.34. The van der Waals surface area contributed by atoms with Crippen molar-refractivity contribution < 1.29 is 19.7 Å². The predicted octanol–water partition coefficient (Wildman–Crippen LogP) is 5.14. The van der Waals surface area contributed by atoms with Crippen LogP contribution in [-0.2, 0) is 9.53 Å². The lowest BCUT2D eigenvalue weighted by Crippen LogP contribution is -2.17. The molecule has 0 radical (unpaired) electrons. The summed E-state index contributed by atoms with van der Waals surface area (Å²) in [4.78, 5) is 11.0. The molecule has 150 valence electrons. The Bertz CT molecular complexity index is 294.